The molecule has 4 heteroatoms. The van der Waals surface area contributed by atoms with Crippen LogP contribution in [0.15, 0.2) is 18.2 Å². The van der Waals surface area contributed by atoms with Crippen molar-refractivity contribution in [3.63, 3.8) is 0 Å². The first-order valence-electron chi connectivity index (χ1n) is 5.50. The van der Waals surface area contributed by atoms with Crippen molar-refractivity contribution >= 4 is 33.2 Å². The van der Waals surface area contributed by atoms with Crippen molar-refractivity contribution in [1.29, 1.82) is 0 Å². The van der Waals surface area contributed by atoms with Crippen LogP contribution in [-0.2, 0) is 0 Å². The molecule has 2 nitrogen and oxygen atoms in total. The summed E-state index contributed by atoms with van der Waals surface area (Å²) in [7, 11) is 0. The number of rotatable bonds is 4. The quantitative estimate of drug-likeness (QED) is 0.902. The van der Waals surface area contributed by atoms with Gasteiger partial charge in [0.1, 0.15) is 0 Å². The van der Waals surface area contributed by atoms with Crippen LogP contribution in [0.5, 0.6) is 0 Å². The third-order valence-corrected chi connectivity index (χ3v) is 4.05. The Morgan fingerprint density at radius 3 is 3.00 bits per heavy atom. The summed E-state index contributed by atoms with van der Waals surface area (Å²) in [6, 6.07) is 5.82. The molecule has 0 spiro atoms. The van der Waals surface area contributed by atoms with E-state index < -0.39 is 0 Å². The third-order valence-electron chi connectivity index (χ3n) is 2.64. The highest BCUT2D eigenvalue weighted by molar-refractivity contribution is 7.18. The lowest BCUT2D eigenvalue weighted by Crippen LogP contribution is -2.11. The number of nitrogens with two attached hydrogens (primary N) is 1. The van der Waals surface area contributed by atoms with Crippen molar-refractivity contribution in [3.05, 3.63) is 28.2 Å². The summed E-state index contributed by atoms with van der Waals surface area (Å²) in [5.74, 6) is 0.390. The number of nitrogens with zero attached hydrogens (tertiary/aromatic N) is 1. The zero-order valence-corrected chi connectivity index (χ0v) is 10.8. The molecule has 2 N–H and O–H groups in total. The van der Waals surface area contributed by atoms with Crippen molar-refractivity contribution in [2.45, 2.75) is 25.7 Å². The molecule has 1 aromatic carbocycles. The Labute approximate surface area is 104 Å². The van der Waals surface area contributed by atoms with Gasteiger partial charge >= 0.3 is 0 Å². The smallest absolute Gasteiger partial charge is 0.0982 e. The van der Waals surface area contributed by atoms with Gasteiger partial charge < -0.3 is 5.73 Å². The number of fused-ring (bicyclic) bond motifs is 1. The molecule has 0 saturated carbocycles. The number of benzene rings is 1. The van der Waals surface area contributed by atoms with Crippen molar-refractivity contribution in [1.82, 2.24) is 4.98 Å². The van der Waals surface area contributed by atoms with E-state index in [1.807, 2.05) is 18.2 Å². The summed E-state index contributed by atoms with van der Waals surface area (Å²) >= 11 is 7.67. The summed E-state index contributed by atoms with van der Waals surface area (Å²) in [4.78, 5) is 4.62. The topological polar surface area (TPSA) is 38.9 Å². The van der Waals surface area contributed by atoms with E-state index in [2.05, 4.69) is 11.9 Å². The molecular weight excluding hydrogens is 240 g/mol. The minimum absolute atomic E-state index is 0.390. The Morgan fingerprint density at radius 1 is 1.50 bits per heavy atom. The predicted octanol–water partition coefficient (Wildman–Crippen LogP) is 3.79. The molecule has 0 fully saturated rings. The molecule has 1 heterocycles. The number of hydrogen-bond donors (Lipinski definition) is 1. The average Bonchev–Trinajstić information content (AvgIpc) is 2.68. The second-order valence-electron chi connectivity index (χ2n) is 3.89. The van der Waals surface area contributed by atoms with Crippen molar-refractivity contribution in [2.24, 2.45) is 5.73 Å². The number of aromatic nitrogens is 1. The standard InChI is InChI=1S/C12H15ClN2S/c1-2-3-8(7-14)12-15-10-5-4-9(13)6-11(10)16-12/h4-6,8H,2-3,7,14H2,1H3. The lowest BCUT2D eigenvalue weighted by atomic mass is 10.1. The fourth-order valence-electron chi connectivity index (χ4n) is 1.78. The van der Waals surface area contributed by atoms with Crippen LogP contribution in [0.1, 0.15) is 30.7 Å². The van der Waals surface area contributed by atoms with Gasteiger partial charge in [0.2, 0.25) is 0 Å². The highest BCUT2D eigenvalue weighted by atomic mass is 35.5. The maximum absolute atomic E-state index is 5.96. The van der Waals surface area contributed by atoms with E-state index in [1.165, 1.54) is 0 Å². The highest BCUT2D eigenvalue weighted by Crippen LogP contribution is 2.31. The van der Waals surface area contributed by atoms with Gasteiger partial charge in [0.25, 0.3) is 0 Å². The summed E-state index contributed by atoms with van der Waals surface area (Å²) in [5.41, 5.74) is 6.81. The van der Waals surface area contributed by atoms with E-state index in [9.17, 15) is 0 Å². The van der Waals surface area contributed by atoms with E-state index in [1.54, 1.807) is 11.3 Å². The van der Waals surface area contributed by atoms with Crippen LogP contribution < -0.4 is 5.73 Å². The van der Waals surface area contributed by atoms with Crippen LogP contribution in [0.2, 0.25) is 5.02 Å². The number of halogens is 1. The van der Waals surface area contributed by atoms with Gasteiger partial charge in [0, 0.05) is 17.5 Å². The van der Waals surface area contributed by atoms with Crippen LogP contribution in [0.3, 0.4) is 0 Å². The van der Waals surface area contributed by atoms with E-state index in [4.69, 9.17) is 17.3 Å². The summed E-state index contributed by atoms with van der Waals surface area (Å²) in [6.07, 6.45) is 2.24. The maximum atomic E-state index is 5.96. The monoisotopic (exact) mass is 254 g/mol. The third kappa shape index (κ3) is 2.37. The van der Waals surface area contributed by atoms with Gasteiger partial charge in [-0.2, -0.15) is 0 Å². The summed E-state index contributed by atoms with van der Waals surface area (Å²) < 4.78 is 1.15. The zero-order valence-electron chi connectivity index (χ0n) is 9.24. The van der Waals surface area contributed by atoms with Gasteiger partial charge in [-0.3, -0.25) is 0 Å². The van der Waals surface area contributed by atoms with E-state index in [-0.39, 0.29) is 0 Å². The van der Waals surface area contributed by atoms with Gasteiger partial charge in [0.05, 0.1) is 15.2 Å². The van der Waals surface area contributed by atoms with Gasteiger partial charge in [-0.05, 0) is 24.6 Å². The normalized spacial score (nSPS) is 13.2. The highest BCUT2D eigenvalue weighted by Gasteiger charge is 2.13. The average molecular weight is 255 g/mol. The van der Waals surface area contributed by atoms with E-state index in [0.29, 0.717) is 12.5 Å². The Morgan fingerprint density at radius 2 is 2.31 bits per heavy atom. The molecule has 2 rings (SSSR count). The minimum Gasteiger partial charge on any atom is -0.330 e. The van der Waals surface area contributed by atoms with Crippen LogP contribution in [0.4, 0.5) is 0 Å². The zero-order chi connectivity index (χ0) is 11.5. The van der Waals surface area contributed by atoms with Gasteiger partial charge in [-0.1, -0.05) is 24.9 Å². The lowest BCUT2D eigenvalue weighted by Gasteiger charge is -2.08. The Kier molecular flexibility index (Phi) is 3.79. The molecule has 0 saturated heterocycles. The molecule has 0 amide bonds. The molecule has 0 aliphatic carbocycles. The van der Waals surface area contributed by atoms with E-state index >= 15 is 0 Å². The Bertz CT molecular complexity index is 481. The maximum Gasteiger partial charge on any atom is 0.0982 e. The van der Waals surface area contributed by atoms with E-state index in [0.717, 1.165) is 33.1 Å². The molecule has 86 valence electrons. The molecule has 0 aliphatic rings. The fraction of sp³-hybridized carbons (Fsp3) is 0.417. The second kappa shape index (κ2) is 5.13. The van der Waals surface area contributed by atoms with Crippen molar-refractivity contribution in [3.8, 4) is 0 Å². The first-order valence-corrected chi connectivity index (χ1v) is 6.70. The Balaban J connectivity index is 2.37. The molecule has 1 unspecified atom stereocenters. The molecule has 16 heavy (non-hydrogen) atoms. The second-order valence-corrected chi connectivity index (χ2v) is 5.38. The SMILES string of the molecule is CCCC(CN)c1nc2ccc(Cl)cc2s1. The molecular formula is C12H15ClN2S. The summed E-state index contributed by atoms with van der Waals surface area (Å²) in [6.45, 7) is 2.84. The molecule has 0 bridgehead atoms. The minimum atomic E-state index is 0.390. The predicted molar refractivity (Wildman–Crippen MR) is 71.3 cm³/mol. The Hall–Kier alpha value is -0.640. The first kappa shape index (κ1) is 11.8. The van der Waals surface area contributed by atoms with Gasteiger partial charge in [0.15, 0.2) is 0 Å². The lowest BCUT2D eigenvalue weighted by molar-refractivity contribution is 0.620. The summed E-state index contributed by atoms with van der Waals surface area (Å²) in [5, 5.41) is 1.91. The molecule has 0 radical (unpaired) electrons. The molecule has 0 aliphatic heterocycles. The molecule has 1 aromatic heterocycles. The molecule has 2 aromatic rings. The number of thiazole rings is 1. The van der Waals surface area contributed by atoms with Crippen LogP contribution in [0, 0.1) is 0 Å². The number of hydrogen-bond acceptors (Lipinski definition) is 3. The van der Waals surface area contributed by atoms with Gasteiger partial charge in [-0.15, -0.1) is 11.3 Å². The first-order chi connectivity index (χ1) is 7.74. The molecule has 1 atom stereocenters. The van der Waals surface area contributed by atoms with Crippen LogP contribution >= 0.6 is 22.9 Å². The van der Waals surface area contributed by atoms with Crippen LogP contribution in [0.25, 0.3) is 10.2 Å². The largest absolute Gasteiger partial charge is 0.330 e. The van der Waals surface area contributed by atoms with Gasteiger partial charge in [-0.25, -0.2) is 4.98 Å². The fourth-order valence-corrected chi connectivity index (χ4v) is 3.17. The van der Waals surface area contributed by atoms with Crippen molar-refractivity contribution < 1.29 is 0 Å². The van der Waals surface area contributed by atoms with Crippen molar-refractivity contribution in [2.75, 3.05) is 6.54 Å². The van der Waals surface area contributed by atoms with Crippen LogP contribution in [-0.4, -0.2) is 11.5 Å².